The van der Waals surface area contributed by atoms with Crippen molar-refractivity contribution < 1.29 is 18.3 Å². The molecule has 0 amide bonds. The number of benzene rings is 2. The first kappa shape index (κ1) is 22.8. The van der Waals surface area contributed by atoms with Crippen LogP contribution < -0.4 is 14.8 Å². The largest absolute Gasteiger partial charge is 0.486 e. The zero-order valence-electron chi connectivity index (χ0n) is 15.8. The quantitative estimate of drug-likeness (QED) is 0.549. The third-order valence-electron chi connectivity index (χ3n) is 4.11. The molecule has 2 aromatic carbocycles. The zero-order chi connectivity index (χ0) is 20.9. The number of sulfonamides is 1. The number of hydrogen-bond donors (Lipinski definition) is 3. The van der Waals surface area contributed by atoms with Gasteiger partial charge in [0.15, 0.2) is 0 Å². The molecule has 3 N–H and O–H groups in total. The molecule has 0 heterocycles. The average Bonchev–Trinajstić information content (AvgIpc) is 2.61. The number of anilines is 1. The Hall–Kier alpha value is -1.51. The Morgan fingerprint density at radius 1 is 1.11 bits per heavy atom. The van der Waals surface area contributed by atoms with Gasteiger partial charge in [-0.05, 0) is 62.4 Å². The lowest BCUT2D eigenvalue weighted by Crippen LogP contribution is -2.48. The molecule has 3 atom stereocenters. The van der Waals surface area contributed by atoms with Crippen LogP contribution in [0.1, 0.15) is 12.5 Å². The lowest BCUT2D eigenvalue weighted by Gasteiger charge is -2.30. The van der Waals surface area contributed by atoms with Crippen molar-refractivity contribution in [2.45, 2.75) is 31.6 Å². The Kier molecular flexibility index (Phi) is 7.97. The van der Waals surface area contributed by atoms with E-state index in [1.54, 1.807) is 50.4 Å². The lowest BCUT2D eigenvalue weighted by atomic mass is 9.98. The molecule has 2 rings (SSSR count). The summed E-state index contributed by atoms with van der Waals surface area (Å²) in [5.41, 5.74) is 1.39. The van der Waals surface area contributed by atoms with Crippen LogP contribution in [0, 0.1) is 0 Å². The number of ether oxygens (including phenoxy) is 1. The van der Waals surface area contributed by atoms with E-state index in [0.717, 1.165) is 11.8 Å². The van der Waals surface area contributed by atoms with E-state index in [9.17, 15) is 13.5 Å². The summed E-state index contributed by atoms with van der Waals surface area (Å²) in [5.74, 6) is 0.513. The molecule has 9 heteroatoms. The van der Waals surface area contributed by atoms with Gasteiger partial charge >= 0.3 is 0 Å². The van der Waals surface area contributed by atoms with Crippen molar-refractivity contribution in [2.24, 2.45) is 0 Å². The molecule has 0 fully saturated rings. The molecular weight excluding hydrogens is 423 g/mol. The normalized spacial score (nSPS) is 14.9. The molecule has 0 bridgehead atoms. The fourth-order valence-electron chi connectivity index (χ4n) is 2.79. The van der Waals surface area contributed by atoms with Gasteiger partial charge in [-0.3, -0.25) is 4.72 Å². The lowest BCUT2D eigenvalue weighted by molar-refractivity contribution is 0.0256. The molecule has 0 aliphatic heterocycles. The van der Waals surface area contributed by atoms with Gasteiger partial charge in [0.05, 0.1) is 28.4 Å². The van der Waals surface area contributed by atoms with Crippen LogP contribution in [0.2, 0.25) is 10.0 Å². The topological polar surface area (TPSA) is 87.7 Å². The Morgan fingerprint density at radius 2 is 1.75 bits per heavy atom. The van der Waals surface area contributed by atoms with Gasteiger partial charge in [0, 0.05) is 5.69 Å². The van der Waals surface area contributed by atoms with Gasteiger partial charge in [-0.15, -0.1) is 0 Å². The van der Waals surface area contributed by atoms with Gasteiger partial charge in [0.25, 0.3) is 0 Å². The standard InChI is InChI=1S/C19H24Cl2N2O4S/c1-12(24)19(18(22-2)11-13-4-9-16(20)17(21)10-13)27-15-7-5-14(6-8-15)23-28(3,25)26/h4-10,12,18-19,22-24H,11H2,1-3H3. The molecule has 6 nitrogen and oxygen atoms in total. The summed E-state index contributed by atoms with van der Waals surface area (Å²) >= 11 is 12.1. The van der Waals surface area contributed by atoms with Crippen molar-refractivity contribution in [3.8, 4) is 5.75 Å². The highest BCUT2D eigenvalue weighted by Gasteiger charge is 2.27. The van der Waals surface area contributed by atoms with E-state index in [0.29, 0.717) is 27.9 Å². The monoisotopic (exact) mass is 446 g/mol. The van der Waals surface area contributed by atoms with Crippen LogP contribution >= 0.6 is 23.2 Å². The van der Waals surface area contributed by atoms with E-state index in [2.05, 4.69) is 10.0 Å². The molecule has 154 valence electrons. The number of nitrogens with one attached hydrogen (secondary N) is 2. The molecule has 3 unspecified atom stereocenters. The maximum Gasteiger partial charge on any atom is 0.229 e. The van der Waals surface area contributed by atoms with E-state index in [-0.39, 0.29) is 6.04 Å². The second-order valence-corrected chi connectivity index (χ2v) is 9.13. The van der Waals surface area contributed by atoms with E-state index in [1.165, 1.54) is 0 Å². The van der Waals surface area contributed by atoms with E-state index in [1.807, 2.05) is 6.07 Å². The minimum Gasteiger partial charge on any atom is -0.486 e. The number of likely N-dealkylation sites (N-methyl/N-ethyl adjacent to an activating group) is 1. The maximum atomic E-state index is 11.3. The highest BCUT2D eigenvalue weighted by atomic mass is 35.5. The number of halogens is 2. The zero-order valence-corrected chi connectivity index (χ0v) is 18.1. The van der Waals surface area contributed by atoms with E-state index >= 15 is 0 Å². The van der Waals surface area contributed by atoms with Gasteiger partial charge < -0.3 is 15.2 Å². The maximum absolute atomic E-state index is 11.3. The van der Waals surface area contributed by atoms with Gasteiger partial charge in [-0.2, -0.15) is 0 Å². The van der Waals surface area contributed by atoms with Crippen molar-refractivity contribution in [2.75, 3.05) is 18.0 Å². The van der Waals surface area contributed by atoms with Crippen LogP contribution in [0.4, 0.5) is 5.69 Å². The highest BCUT2D eigenvalue weighted by Crippen LogP contribution is 2.25. The molecule has 2 aromatic rings. The van der Waals surface area contributed by atoms with Crippen LogP contribution in [0.3, 0.4) is 0 Å². The summed E-state index contributed by atoms with van der Waals surface area (Å²) in [5, 5.41) is 14.4. The molecule has 0 aliphatic carbocycles. The Balaban J connectivity index is 2.14. The number of aliphatic hydroxyl groups excluding tert-OH is 1. The van der Waals surface area contributed by atoms with Crippen molar-refractivity contribution in [1.29, 1.82) is 0 Å². The van der Waals surface area contributed by atoms with Crippen molar-refractivity contribution in [3.63, 3.8) is 0 Å². The predicted molar refractivity (Wildman–Crippen MR) is 114 cm³/mol. The Labute approximate surface area is 175 Å². The molecular formula is C19H24Cl2N2O4S. The number of hydrogen-bond acceptors (Lipinski definition) is 5. The van der Waals surface area contributed by atoms with Gasteiger partial charge in [-0.1, -0.05) is 29.3 Å². The molecule has 0 saturated heterocycles. The predicted octanol–water partition coefficient (Wildman–Crippen LogP) is 3.32. The summed E-state index contributed by atoms with van der Waals surface area (Å²) < 4.78 is 31.0. The average molecular weight is 447 g/mol. The number of aliphatic hydroxyl groups is 1. The Morgan fingerprint density at radius 3 is 2.25 bits per heavy atom. The van der Waals surface area contributed by atoms with Crippen LogP contribution in [-0.4, -0.2) is 45.1 Å². The van der Waals surface area contributed by atoms with Gasteiger partial charge in [0.2, 0.25) is 10.0 Å². The summed E-state index contributed by atoms with van der Waals surface area (Å²) in [6.07, 6.45) is 0.347. The molecule has 0 radical (unpaired) electrons. The minimum absolute atomic E-state index is 0.203. The van der Waals surface area contributed by atoms with Crippen LogP contribution in [0.25, 0.3) is 0 Å². The van der Waals surface area contributed by atoms with E-state index in [4.69, 9.17) is 27.9 Å². The van der Waals surface area contributed by atoms with Crippen molar-refractivity contribution >= 4 is 38.9 Å². The van der Waals surface area contributed by atoms with Crippen LogP contribution in [0.5, 0.6) is 5.75 Å². The van der Waals surface area contributed by atoms with Gasteiger partial charge in [-0.25, -0.2) is 8.42 Å². The fourth-order valence-corrected chi connectivity index (χ4v) is 3.68. The first-order valence-corrected chi connectivity index (χ1v) is 11.3. The van der Waals surface area contributed by atoms with Crippen LogP contribution in [0.15, 0.2) is 42.5 Å². The second kappa shape index (κ2) is 9.80. The SMILES string of the molecule is CNC(Cc1ccc(Cl)c(Cl)c1)C(Oc1ccc(NS(C)(=O)=O)cc1)C(C)O. The first-order valence-electron chi connectivity index (χ1n) is 8.63. The summed E-state index contributed by atoms with van der Waals surface area (Å²) in [7, 11) is -1.55. The minimum atomic E-state index is -3.35. The fraction of sp³-hybridized carbons (Fsp3) is 0.368. The molecule has 0 spiro atoms. The molecule has 28 heavy (non-hydrogen) atoms. The van der Waals surface area contributed by atoms with Crippen molar-refractivity contribution in [3.05, 3.63) is 58.1 Å². The summed E-state index contributed by atoms with van der Waals surface area (Å²) in [6.45, 7) is 1.66. The highest BCUT2D eigenvalue weighted by molar-refractivity contribution is 7.92. The molecule has 0 aromatic heterocycles. The third kappa shape index (κ3) is 6.83. The summed E-state index contributed by atoms with van der Waals surface area (Å²) in [6, 6.07) is 11.7. The van der Waals surface area contributed by atoms with Gasteiger partial charge in [0.1, 0.15) is 11.9 Å². The molecule has 0 aliphatic rings. The number of rotatable bonds is 9. The smallest absolute Gasteiger partial charge is 0.229 e. The van der Waals surface area contributed by atoms with Crippen molar-refractivity contribution in [1.82, 2.24) is 5.32 Å². The first-order chi connectivity index (χ1) is 13.1. The second-order valence-electron chi connectivity index (χ2n) is 6.57. The molecule has 0 saturated carbocycles. The van der Waals surface area contributed by atoms with E-state index < -0.39 is 22.2 Å². The third-order valence-corrected chi connectivity index (χ3v) is 5.46. The van der Waals surface area contributed by atoms with Crippen LogP contribution in [-0.2, 0) is 16.4 Å². The Bertz CT molecular complexity index is 889. The summed E-state index contributed by atoms with van der Waals surface area (Å²) in [4.78, 5) is 0.